The standard InChI is InChI=1S/C30H32N2/c1-21-13-7-11-19-27(21)31-22(2)29-30(25-16-8-9-17-25,24-14-5-4-6-15-24)26-18-10-12-20-28(26)32(29)23(31)3/h4-7,10-15,18-20,23,25H,8-9,16-17H2,1-3H3. The summed E-state index contributed by atoms with van der Waals surface area (Å²) >= 11 is 0. The molecule has 1 aliphatic carbocycles. The quantitative estimate of drug-likeness (QED) is 0.436. The number of aryl methyl sites for hydroxylation is 1. The number of allylic oxidation sites excluding steroid dienone is 2. The Bertz CT molecular complexity index is 1190. The smallest absolute Gasteiger partial charge is 0.108 e. The number of hydrogen-bond donors (Lipinski definition) is 0. The molecule has 3 aromatic rings. The van der Waals surface area contributed by atoms with Gasteiger partial charge in [-0.3, -0.25) is 0 Å². The molecule has 162 valence electrons. The maximum atomic E-state index is 2.66. The third kappa shape index (κ3) is 2.47. The van der Waals surface area contributed by atoms with Crippen LogP contribution in [-0.4, -0.2) is 6.17 Å². The summed E-state index contributed by atoms with van der Waals surface area (Å²) in [5.41, 5.74) is 9.83. The van der Waals surface area contributed by atoms with Gasteiger partial charge in [-0.05, 0) is 68.4 Å². The lowest BCUT2D eigenvalue weighted by Gasteiger charge is -2.39. The molecule has 2 atom stereocenters. The van der Waals surface area contributed by atoms with E-state index in [0.29, 0.717) is 5.92 Å². The second-order valence-corrected chi connectivity index (χ2v) is 9.76. The zero-order chi connectivity index (χ0) is 21.9. The van der Waals surface area contributed by atoms with Gasteiger partial charge in [-0.1, -0.05) is 79.6 Å². The van der Waals surface area contributed by atoms with Crippen LogP contribution >= 0.6 is 0 Å². The van der Waals surface area contributed by atoms with Crippen LogP contribution in [0.25, 0.3) is 0 Å². The van der Waals surface area contributed by atoms with Gasteiger partial charge in [0.2, 0.25) is 0 Å². The molecule has 3 aliphatic rings. The average molecular weight is 421 g/mol. The van der Waals surface area contributed by atoms with Crippen LogP contribution in [0.4, 0.5) is 11.4 Å². The van der Waals surface area contributed by atoms with Gasteiger partial charge in [0.1, 0.15) is 6.17 Å². The summed E-state index contributed by atoms with van der Waals surface area (Å²) in [6.45, 7) is 6.96. The van der Waals surface area contributed by atoms with Crippen molar-refractivity contribution in [1.29, 1.82) is 0 Å². The van der Waals surface area contributed by atoms with Crippen molar-refractivity contribution in [2.75, 3.05) is 9.80 Å². The van der Waals surface area contributed by atoms with Gasteiger partial charge in [-0.2, -0.15) is 0 Å². The summed E-state index contributed by atoms with van der Waals surface area (Å²) in [7, 11) is 0. The Hall–Kier alpha value is -3.00. The molecule has 0 bridgehead atoms. The second-order valence-electron chi connectivity index (χ2n) is 9.76. The van der Waals surface area contributed by atoms with Gasteiger partial charge in [0.05, 0.1) is 11.1 Å². The Morgan fingerprint density at radius 3 is 2.06 bits per heavy atom. The van der Waals surface area contributed by atoms with Crippen molar-refractivity contribution in [2.45, 2.75) is 58.0 Å². The van der Waals surface area contributed by atoms with Gasteiger partial charge >= 0.3 is 0 Å². The molecule has 2 aliphatic heterocycles. The van der Waals surface area contributed by atoms with Crippen molar-refractivity contribution in [2.24, 2.45) is 5.92 Å². The van der Waals surface area contributed by atoms with Gasteiger partial charge in [0, 0.05) is 17.1 Å². The lowest BCUT2D eigenvalue weighted by atomic mass is 9.64. The van der Waals surface area contributed by atoms with E-state index in [0.717, 1.165) is 0 Å². The number of hydrogen-bond acceptors (Lipinski definition) is 2. The highest BCUT2D eigenvalue weighted by Gasteiger charge is 2.58. The van der Waals surface area contributed by atoms with Crippen molar-refractivity contribution in [3.63, 3.8) is 0 Å². The molecule has 0 radical (unpaired) electrons. The van der Waals surface area contributed by atoms with Crippen LogP contribution in [0.5, 0.6) is 0 Å². The first kappa shape index (κ1) is 19.7. The van der Waals surface area contributed by atoms with E-state index in [1.54, 1.807) is 0 Å². The summed E-state index contributed by atoms with van der Waals surface area (Å²) in [5.74, 6) is 0.630. The van der Waals surface area contributed by atoms with E-state index in [2.05, 4.69) is 109 Å². The topological polar surface area (TPSA) is 6.48 Å². The third-order valence-electron chi connectivity index (χ3n) is 8.23. The molecular weight excluding hydrogens is 388 g/mol. The van der Waals surface area contributed by atoms with Crippen LogP contribution in [0, 0.1) is 12.8 Å². The van der Waals surface area contributed by atoms with E-state index < -0.39 is 0 Å². The molecule has 0 spiro atoms. The molecule has 1 fully saturated rings. The SMILES string of the molecule is CC1=C2N(c3ccccc3C2(c2ccccc2)C2CCCC2)C(C)N1c1ccccc1C. The molecule has 6 rings (SSSR count). The Labute approximate surface area is 192 Å². The molecule has 0 N–H and O–H groups in total. The molecule has 0 aromatic heterocycles. The van der Waals surface area contributed by atoms with Gasteiger partial charge in [0.25, 0.3) is 0 Å². The predicted octanol–water partition coefficient (Wildman–Crippen LogP) is 7.39. The first-order valence-corrected chi connectivity index (χ1v) is 12.2. The second kappa shape index (κ2) is 7.27. The maximum Gasteiger partial charge on any atom is 0.108 e. The van der Waals surface area contributed by atoms with E-state index in [4.69, 9.17) is 0 Å². The fraction of sp³-hybridized carbons (Fsp3) is 0.333. The molecule has 1 saturated carbocycles. The van der Waals surface area contributed by atoms with Crippen molar-refractivity contribution in [3.8, 4) is 0 Å². The van der Waals surface area contributed by atoms with Crippen molar-refractivity contribution < 1.29 is 0 Å². The highest BCUT2D eigenvalue weighted by molar-refractivity contribution is 5.81. The summed E-state index contributed by atoms with van der Waals surface area (Å²) in [4.78, 5) is 5.23. The molecule has 0 saturated heterocycles. The van der Waals surface area contributed by atoms with Crippen LogP contribution < -0.4 is 9.80 Å². The van der Waals surface area contributed by atoms with Crippen molar-refractivity contribution in [1.82, 2.24) is 0 Å². The van der Waals surface area contributed by atoms with Gasteiger partial charge < -0.3 is 9.80 Å². The fourth-order valence-corrected chi connectivity index (χ4v) is 7.03. The van der Waals surface area contributed by atoms with Crippen molar-refractivity contribution >= 4 is 11.4 Å². The van der Waals surface area contributed by atoms with Crippen LogP contribution in [0.2, 0.25) is 0 Å². The zero-order valence-corrected chi connectivity index (χ0v) is 19.4. The zero-order valence-electron chi connectivity index (χ0n) is 19.4. The summed E-state index contributed by atoms with van der Waals surface area (Å²) in [6.07, 6.45) is 5.52. The average Bonchev–Trinajstić information content (AvgIpc) is 3.51. The molecular formula is C30H32N2. The molecule has 2 heterocycles. The Morgan fingerprint density at radius 2 is 1.34 bits per heavy atom. The number of benzene rings is 3. The number of fused-ring (bicyclic) bond motifs is 3. The van der Waals surface area contributed by atoms with E-state index in [1.165, 1.54) is 65.1 Å². The molecule has 2 nitrogen and oxygen atoms in total. The normalized spacial score (nSPS) is 24.9. The van der Waals surface area contributed by atoms with Gasteiger partial charge in [-0.25, -0.2) is 0 Å². The first-order chi connectivity index (χ1) is 15.7. The van der Waals surface area contributed by atoms with Gasteiger partial charge in [-0.15, -0.1) is 0 Å². The minimum absolute atomic E-state index is 0.0792. The molecule has 2 heteroatoms. The van der Waals surface area contributed by atoms with Gasteiger partial charge in [0.15, 0.2) is 0 Å². The monoisotopic (exact) mass is 420 g/mol. The van der Waals surface area contributed by atoms with Crippen LogP contribution in [0.15, 0.2) is 90.3 Å². The van der Waals surface area contributed by atoms with Crippen LogP contribution in [0.3, 0.4) is 0 Å². The van der Waals surface area contributed by atoms with E-state index in [-0.39, 0.29) is 11.6 Å². The lowest BCUT2D eigenvalue weighted by Crippen LogP contribution is -2.40. The maximum absolute atomic E-state index is 2.66. The minimum atomic E-state index is -0.0792. The number of para-hydroxylation sites is 2. The highest BCUT2D eigenvalue weighted by atomic mass is 15.4. The van der Waals surface area contributed by atoms with E-state index >= 15 is 0 Å². The molecule has 32 heavy (non-hydrogen) atoms. The van der Waals surface area contributed by atoms with E-state index in [1.807, 2.05) is 0 Å². The fourth-order valence-electron chi connectivity index (χ4n) is 7.03. The number of rotatable bonds is 3. The highest BCUT2D eigenvalue weighted by Crippen LogP contribution is 2.62. The molecule has 3 aromatic carbocycles. The summed E-state index contributed by atoms with van der Waals surface area (Å²) in [6, 6.07) is 29.4. The molecule has 2 unspecified atom stereocenters. The number of anilines is 2. The van der Waals surface area contributed by atoms with Crippen LogP contribution in [0.1, 0.15) is 56.2 Å². The summed E-state index contributed by atoms with van der Waals surface area (Å²) < 4.78 is 0. The van der Waals surface area contributed by atoms with E-state index in [9.17, 15) is 0 Å². The first-order valence-electron chi connectivity index (χ1n) is 12.2. The molecule has 0 amide bonds. The lowest BCUT2D eigenvalue weighted by molar-refractivity contribution is 0.380. The van der Waals surface area contributed by atoms with Crippen LogP contribution in [-0.2, 0) is 5.41 Å². The summed E-state index contributed by atoms with van der Waals surface area (Å²) in [5, 5.41) is 0. The largest absolute Gasteiger partial charge is 0.322 e. The minimum Gasteiger partial charge on any atom is -0.322 e. The number of nitrogens with zero attached hydrogens (tertiary/aromatic N) is 2. The third-order valence-corrected chi connectivity index (χ3v) is 8.23. The Kier molecular flexibility index (Phi) is 4.47. The Morgan fingerprint density at radius 1 is 0.719 bits per heavy atom. The Balaban J connectivity index is 1.68. The predicted molar refractivity (Wildman–Crippen MR) is 134 cm³/mol. The van der Waals surface area contributed by atoms with Crippen molar-refractivity contribution in [3.05, 3.63) is 107 Å².